The molecular formula is C27H35N3O3. The summed E-state index contributed by atoms with van der Waals surface area (Å²) in [5.74, 6) is -0.433. The molecule has 0 radical (unpaired) electrons. The lowest BCUT2D eigenvalue weighted by molar-refractivity contribution is -0.125. The first-order chi connectivity index (χ1) is 15.8. The van der Waals surface area contributed by atoms with E-state index in [9.17, 15) is 14.4 Å². The molecule has 0 unspecified atom stereocenters. The summed E-state index contributed by atoms with van der Waals surface area (Å²) < 4.78 is 0. The smallest absolute Gasteiger partial charge is 0.253 e. The maximum Gasteiger partial charge on any atom is 0.253 e. The van der Waals surface area contributed by atoms with Gasteiger partial charge in [-0.3, -0.25) is 14.4 Å². The van der Waals surface area contributed by atoms with E-state index in [0.29, 0.717) is 37.1 Å². The van der Waals surface area contributed by atoms with Gasteiger partial charge in [-0.15, -0.1) is 0 Å². The van der Waals surface area contributed by atoms with Crippen LogP contribution in [0, 0.1) is 19.8 Å². The first-order valence-electron chi connectivity index (χ1n) is 11.8. The van der Waals surface area contributed by atoms with Gasteiger partial charge in [0.1, 0.15) is 6.04 Å². The molecule has 6 heteroatoms. The van der Waals surface area contributed by atoms with Crippen molar-refractivity contribution in [3.05, 3.63) is 70.8 Å². The summed E-state index contributed by atoms with van der Waals surface area (Å²) in [6.45, 7) is 9.02. The number of nitrogens with one attached hydrogen (secondary N) is 2. The molecule has 0 aliphatic carbocycles. The Hall–Kier alpha value is -3.15. The number of carbonyl (C=O) groups is 3. The van der Waals surface area contributed by atoms with Crippen LogP contribution in [0.25, 0.3) is 0 Å². The molecule has 2 aromatic rings. The summed E-state index contributed by atoms with van der Waals surface area (Å²) in [6, 6.07) is 14.3. The minimum atomic E-state index is -0.636. The predicted octanol–water partition coefficient (Wildman–Crippen LogP) is 3.87. The Bertz CT molecular complexity index is 978. The fourth-order valence-electron chi connectivity index (χ4n) is 4.16. The van der Waals surface area contributed by atoms with Gasteiger partial charge in [-0.05, 0) is 70.2 Å². The van der Waals surface area contributed by atoms with Crippen LogP contribution in [0.1, 0.15) is 65.0 Å². The van der Waals surface area contributed by atoms with Crippen molar-refractivity contribution in [1.29, 1.82) is 0 Å². The molecule has 1 saturated heterocycles. The van der Waals surface area contributed by atoms with Gasteiger partial charge >= 0.3 is 0 Å². The van der Waals surface area contributed by atoms with Crippen molar-refractivity contribution in [2.75, 3.05) is 13.1 Å². The average molecular weight is 450 g/mol. The van der Waals surface area contributed by atoms with Gasteiger partial charge in [0.05, 0.1) is 0 Å². The molecule has 1 aliphatic rings. The quantitative estimate of drug-likeness (QED) is 0.674. The van der Waals surface area contributed by atoms with E-state index < -0.39 is 6.04 Å². The Labute approximate surface area is 196 Å². The van der Waals surface area contributed by atoms with Crippen LogP contribution in [-0.2, 0) is 4.79 Å². The maximum absolute atomic E-state index is 13.1. The van der Waals surface area contributed by atoms with Crippen LogP contribution < -0.4 is 10.6 Å². The van der Waals surface area contributed by atoms with Gasteiger partial charge in [-0.1, -0.05) is 42.3 Å². The number of likely N-dealkylation sites (tertiary alicyclic amines) is 1. The van der Waals surface area contributed by atoms with Crippen molar-refractivity contribution in [1.82, 2.24) is 15.5 Å². The molecule has 0 saturated carbocycles. The minimum absolute atomic E-state index is 0.0119. The second-order valence-corrected chi connectivity index (χ2v) is 9.13. The van der Waals surface area contributed by atoms with Crippen LogP contribution in [0.5, 0.6) is 0 Å². The summed E-state index contributed by atoms with van der Waals surface area (Å²) in [7, 11) is 0. The summed E-state index contributed by atoms with van der Waals surface area (Å²) in [5.41, 5.74) is 3.33. The highest BCUT2D eigenvalue weighted by molar-refractivity contribution is 5.98. The highest BCUT2D eigenvalue weighted by Gasteiger charge is 2.34. The van der Waals surface area contributed by atoms with Crippen molar-refractivity contribution >= 4 is 17.7 Å². The van der Waals surface area contributed by atoms with Crippen molar-refractivity contribution in [3.8, 4) is 0 Å². The van der Waals surface area contributed by atoms with Crippen LogP contribution in [0.4, 0.5) is 0 Å². The highest BCUT2D eigenvalue weighted by atomic mass is 16.2. The minimum Gasteiger partial charge on any atom is -0.352 e. The van der Waals surface area contributed by atoms with E-state index in [4.69, 9.17) is 0 Å². The normalized spacial score (nSPS) is 16.1. The lowest BCUT2D eigenvalue weighted by Crippen LogP contribution is -2.55. The molecule has 2 N–H and O–H groups in total. The number of hydrogen-bond donors (Lipinski definition) is 2. The van der Waals surface area contributed by atoms with E-state index in [-0.39, 0.29) is 29.7 Å². The van der Waals surface area contributed by atoms with Crippen molar-refractivity contribution < 1.29 is 14.4 Å². The zero-order chi connectivity index (χ0) is 24.0. The second kappa shape index (κ2) is 11.1. The lowest BCUT2D eigenvalue weighted by atomic mass is 9.88. The monoisotopic (exact) mass is 449 g/mol. The number of carbonyl (C=O) groups excluding carboxylic acids is 3. The fourth-order valence-corrected chi connectivity index (χ4v) is 4.16. The van der Waals surface area contributed by atoms with Crippen LogP contribution in [0.2, 0.25) is 0 Å². The number of piperidine rings is 1. The number of amides is 3. The van der Waals surface area contributed by atoms with Crippen LogP contribution in [0.15, 0.2) is 48.5 Å². The molecule has 3 rings (SSSR count). The number of benzene rings is 2. The number of rotatable bonds is 7. The number of nitrogens with zero attached hydrogens (tertiary/aromatic N) is 1. The molecule has 1 aliphatic heterocycles. The van der Waals surface area contributed by atoms with E-state index in [1.54, 1.807) is 6.07 Å². The molecule has 2 atom stereocenters. The summed E-state index contributed by atoms with van der Waals surface area (Å²) in [6.07, 6.45) is 2.13. The number of aryl methyl sites for hydroxylation is 2. The van der Waals surface area contributed by atoms with Gasteiger partial charge in [0, 0.05) is 30.3 Å². The SMILES string of the molecule is CC[C@H](C)NC(=O)[C@H](NC(=O)c1cccc(C)c1)C1CCN(C(=O)c2ccc(C)cc2)CC1. The Morgan fingerprint density at radius 1 is 0.939 bits per heavy atom. The van der Waals surface area contributed by atoms with Crippen LogP contribution in [-0.4, -0.2) is 47.8 Å². The van der Waals surface area contributed by atoms with Crippen molar-refractivity contribution in [2.24, 2.45) is 5.92 Å². The zero-order valence-electron chi connectivity index (χ0n) is 20.1. The van der Waals surface area contributed by atoms with Crippen LogP contribution >= 0.6 is 0 Å². The zero-order valence-corrected chi connectivity index (χ0v) is 20.1. The van der Waals surface area contributed by atoms with Crippen molar-refractivity contribution in [3.63, 3.8) is 0 Å². The van der Waals surface area contributed by atoms with Crippen molar-refractivity contribution in [2.45, 2.75) is 59.0 Å². The van der Waals surface area contributed by atoms with Gasteiger partial charge in [-0.2, -0.15) is 0 Å². The molecule has 0 aromatic heterocycles. The van der Waals surface area contributed by atoms with E-state index in [1.807, 2.05) is 75.1 Å². The topological polar surface area (TPSA) is 78.5 Å². The Balaban J connectivity index is 1.70. The molecule has 0 bridgehead atoms. The molecule has 6 nitrogen and oxygen atoms in total. The Kier molecular flexibility index (Phi) is 8.26. The molecule has 176 valence electrons. The Morgan fingerprint density at radius 3 is 2.21 bits per heavy atom. The maximum atomic E-state index is 13.1. The van der Waals surface area contributed by atoms with Gasteiger partial charge in [0.15, 0.2) is 0 Å². The second-order valence-electron chi connectivity index (χ2n) is 9.13. The first-order valence-corrected chi connectivity index (χ1v) is 11.8. The molecule has 0 spiro atoms. The first kappa shape index (κ1) is 24.5. The van der Waals surface area contributed by atoms with Gasteiger partial charge in [0.2, 0.25) is 5.91 Å². The third-order valence-corrected chi connectivity index (χ3v) is 6.45. The third-order valence-electron chi connectivity index (χ3n) is 6.45. The average Bonchev–Trinajstić information content (AvgIpc) is 2.82. The molecule has 1 fully saturated rings. The highest BCUT2D eigenvalue weighted by Crippen LogP contribution is 2.23. The summed E-state index contributed by atoms with van der Waals surface area (Å²) in [5, 5.41) is 6.01. The van der Waals surface area contributed by atoms with Gasteiger partial charge < -0.3 is 15.5 Å². The summed E-state index contributed by atoms with van der Waals surface area (Å²) in [4.78, 5) is 40.8. The van der Waals surface area contributed by atoms with E-state index in [2.05, 4.69) is 10.6 Å². The fraction of sp³-hybridized carbons (Fsp3) is 0.444. The van der Waals surface area contributed by atoms with Crippen LogP contribution in [0.3, 0.4) is 0 Å². The molecule has 33 heavy (non-hydrogen) atoms. The number of hydrogen-bond acceptors (Lipinski definition) is 3. The third kappa shape index (κ3) is 6.44. The predicted molar refractivity (Wildman–Crippen MR) is 130 cm³/mol. The van der Waals surface area contributed by atoms with E-state index >= 15 is 0 Å². The molecular weight excluding hydrogens is 414 g/mol. The van der Waals surface area contributed by atoms with Gasteiger partial charge in [0.25, 0.3) is 11.8 Å². The molecule has 2 aromatic carbocycles. The lowest BCUT2D eigenvalue weighted by Gasteiger charge is -2.36. The standard InChI is InChI=1S/C27H35N3O3/c1-5-20(4)28-26(32)24(29-25(31)23-8-6-7-19(3)17-23)21-13-15-30(16-14-21)27(33)22-11-9-18(2)10-12-22/h6-12,17,20-21,24H,5,13-16H2,1-4H3,(H,28,32)(H,29,31)/t20-,24+/m0/s1. The summed E-state index contributed by atoms with van der Waals surface area (Å²) >= 11 is 0. The molecule has 3 amide bonds. The van der Waals surface area contributed by atoms with E-state index in [0.717, 1.165) is 17.5 Å². The largest absolute Gasteiger partial charge is 0.352 e. The van der Waals surface area contributed by atoms with Gasteiger partial charge in [-0.25, -0.2) is 0 Å². The molecule has 1 heterocycles. The van der Waals surface area contributed by atoms with E-state index in [1.165, 1.54) is 0 Å². The Morgan fingerprint density at radius 2 is 1.61 bits per heavy atom.